The van der Waals surface area contributed by atoms with Gasteiger partial charge in [-0.2, -0.15) is 0 Å². The first-order chi connectivity index (χ1) is 15.1. The zero-order valence-corrected chi connectivity index (χ0v) is 18.0. The van der Waals surface area contributed by atoms with Crippen molar-refractivity contribution in [2.75, 3.05) is 35.5 Å². The topological polar surface area (TPSA) is 72.2 Å². The number of para-hydroxylation sites is 1. The molecule has 0 atom stereocenters. The van der Waals surface area contributed by atoms with E-state index in [1.165, 1.54) is 0 Å². The van der Waals surface area contributed by atoms with E-state index >= 15 is 0 Å². The van der Waals surface area contributed by atoms with Crippen molar-refractivity contribution in [1.82, 2.24) is 4.98 Å². The van der Waals surface area contributed by atoms with E-state index in [2.05, 4.69) is 4.98 Å². The maximum Gasteiger partial charge on any atom is 0.231 e. The van der Waals surface area contributed by atoms with Crippen LogP contribution in [0, 0.1) is 0 Å². The lowest BCUT2D eigenvalue weighted by atomic mass is 10.0. The van der Waals surface area contributed by atoms with Gasteiger partial charge in [0.05, 0.1) is 41.1 Å². The summed E-state index contributed by atoms with van der Waals surface area (Å²) < 4.78 is 33.5. The van der Waals surface area contributed by atoms with Gasteiger partial charge in [0.1, 0.15) is 5.52 Å². The second kappa shape index (κ2) is 8.47. The third-order valence-corrected chi connectivity index (χ3v) is 5.04. The number of methoxy groups -OCH3 is 5. The van der Waals surface area contributed by atoms with Crippen LogP contribution in [-0.4, -0.2) is 40.5 Å². The van der Waals surface area contributed by atoms with Crippen molar-refractivity contribution in [3.63, 3.8) is 0 Å². The van der Waals surface area contributed by atoms with Crippen molar-refractivity contribution in [2.45, 2.75) is 0 Å². The molecule has 7 nitrogen and oxygen atoms in total. The molecule has 1 aromatic heterocycles. The average molecular weight is 421 g/mol. The highest BCUT2D eigenvalue weighted by molar-refractivity contribution is 5.86. The second-order valence-corrected chi connectivity index (χ2v) is 6.62. The third-order valence-electron chi connectivity index (χ3n) is 5.04. The van der Waals surface area contributed by atoms with Crippen LogP contribution in [0.5, 0.6) is 28.7 Å². The van der Waals surface area contributed by atoms with Gasteiger partial charge in [-0.25, -0.2) is 4.98 Å². The maximum absolute atomic E-state index is 6.09. The van der Waals surface area contributed by atoms with Gasteiger partial charge in [0, 0.05) is 5.56 Å². The van der Waals surface area contributed by atoms with Gasteiger partial charge in [-0.1, -0.05) is 12.1 Å². The largest absolute Gasteiger partial charge is 0.493 e. The minimum absolute atomic E-state index is 0.446. The molecule has 4 rings (SSSR count). The average Bonchev–Trinajstić information content (AvgIpc) is 3.25. The summed E-state index contributed by atoms with van der Waals surface area (Å²) in [5.74, 6) is 3.33. The summed E-state index contributed by atoms with van der Waals surface area (Å²) in [5.41, 5.74) is 3.81. The molecule has 3 aromatic carbocycles. The fraction of sp³-hybridized carbons (Fsp3) is 0.208. The molecule has 0 N–H and O–H groups in total. The first-order valence-electron chi connectivity index (χ1n) is 9.56. The van der Waals surface area contributed by atoms with Gasteiger partial charge in [-0.3, -0.25) is 0 Å². The molecular weight excluding hydrogens is 398 g/mol. The van der Waals surface area contributed by atoms with E-state index in [0.29, 0.717) is 45.8 Å². The SMILES string of the molecule is COc1cccc(-c2nc3ccc(-c4ccc(OC)c(OC)c4OC)cc3o2)c1OC. The minimum atomic E-state index is 0.446. The van der Waals surface area contributed by atoms with E-state index in [1.54, 1.807) is 35.5 Å². The molecule has 0 saturated carbocycles. The zero-order valence-electron chi connectivity index (χ0n) is 18.0. The van der Waals surface area contributed by atoms with E-state index in [1.807, 2.05) is 48.5 Å². The number of rotatable bonds is 7. The fourth-order valence-corrected chi connectivity index (χ4v) is 3.59. The number of fused-ring (bicyclic) bond motifs is 1. The Hall–Kier alpha value is -3.87. The van der Waals surface area contributed by atoms with Crippen LogP contribution in [0.15, 0.2) is 52.9 Å². The molecule has 0 spiro atoms. The van der Waals surface area contributed by atoms with Crippen LogP contribution in [0.4, 0.5) is 0 Å². The van der Waals surface area contributed by atoms with E-state index in [9.17, 15) is 0 Å². The van der Waals surface area contributed by atoms with Crippen LogP contribution < -0.4 is 23.7 Å². The number of benzene rings is 3. The first-order valence-corrected chi connectivity index (χ1v) is 9.56. The van der Waals surface area contributed by atoms with Gasteiger partial charge >= 0.3 is 0 Å². The number of ether oxygens (including phenoxy) is 5. The number of aromatic nitrogens is 1. The Morgan fingerprint density at radius 2 is 1.35 bits per heavy atom. The summed E-state index contributed by atoms with van der Waals surface area (Å²) in [6.07, 6.45) is 0. The standard InChI is InChI=1S/C24H23NO6/c1-26-18-8-6-7-16(21(18)28-3)24-25-17-11-9-14(13-20(17)31-24)15-10-12-19(27-2)23(30-5)22(15)29-4/h6-13H,1-5H3. The molecule has 0 unspecified atom stereocenters. The van der Waals surface area contributed by atoms with Gasteiger partial charge in [0.25, 0.3) is 0 Å². The van der Waals surface area contributed by atoms with Gasteiger partial charge in [-0.05, 0) is 42.0 Å². The minimum Gasteiger partial charge on any atom is -0.493 e. The summed E-state index contributed by atoms with van der Waals surface area (Å²) in [4.78, 5) is 4.63. The summed E-state index contributed by atoms with van der Waals surface area (Å²) in [6.45, 7) is 0. The molecule has 0 saturated heterocycles. The van der Waals surface area contributed by atoms with Crippen LogP contribution in [0.3, 0.4) is 0 Å². The molecule has 0 aliphatic carbocycles. The monoisotopic (exact) mass is 421 g/mol. The maximum atomic E-state index is 6.09. The number of oxazole rings is 1. The zero-order chi connectivity index (χ0) is 22.0. The highest BCUT2D eigenvalue weighted by Gasteiger charge is 2.20. The Morgan fingerprint density at radius 1 is 0.645 bits per heavy atom. The highest BCUT2D eigenvalue weighted by Crippen LogP contribution is 2.45. The van der Waals surface area contributed by atoms with Crippen LogP contribution in [0.1, 0.15) is 0 Å². The highest BCUT2D eigenvalue weighted by atomic mass is 16.5. The van der Waals surface area contributed by atoms with Crippen LogP contribution in [0.2, 0.25) is 0 Å². The Bertz CT molecular complexity index is 1230. The lowest BCUT2D eigenvalue weighted by Crippen LogP contribution is -1.96. The van der Waals surface area contributed by atoms with Gasteiger partial charge in [0.2, 0.25) is 11.6 Å². The predicted molar refractivity (Wildman–Crippen MR) is 118 cm³/mol. The molecule has 0 aliphatic heterocycles. The third kappa shape index (κ3) is 3.48. The fourth-order valence-electron chi connectivity index (χ4n) is 3.59. The molecule has 0 amide bonds. The number of nitrogens with zero attached hydrogens (tertiary/aromatic N) is 1. The molecule has 160 valence electrons. The van der Waals surface area contributed by atoms with E-state index in [-0.39, 0.29) is 0 Å². The normalized spacial score (nSPS) is 10.7. The Kier molecular flexibility index (Phi) is 5.58. The Morgan fingerprint density at radius 3 is 2.03 bits per heavy atom. The molecule has 1 heterocycles. The van der Waals surface area contributed by atoms with Crippen LogP contribution >= 0.6 is 0 Å². The summed E-state index contributed by atoms with van der Waals surface area (Å²) >= 11 is 0. The second-order valence-electron chi connectivity index (χ2n) is 6.62. The molecule has 7 heteroatoms. The first kappa shape index (κ1) is 20.4. The number of hydrogen-bond acceptors (Lipinski definition) is 7. The molecule has 0 radical (unpaired) electrons. The van der Waals surface area contributed by atoms with Gasteiger partial charge in [-0.15, -0.1) is 0 Å². The Balaban J connectivity index is 1.83. The van der Waals surface area contributed by atoms with E-state index in [4.69, 9.17) is 28.1 Å². The van der Waals surface area contributed by atoms with E-state index in [0.717, 1.165) is 16.6 Å². The Labute approximate surface area is 180 Å². The van der Waals surface area contributed by atoms with E-state index < -0.39 is 0 Å². The summed E-state index contributed by atoms with van der Waals surface area (Å²) in [5, 5.41) is 0. The number of hydrogen-bond donors (Lipinski definition) is 0. The van der Waals surface area contributed by atoms with Crippen molar-refractivity contribution in [2.24, 2.45) is 0 Å². The smallest absolute Gasteiger partial charge is 0.231 e. The molecule has 0 fully saturated rings. The van der Waals surface area contributed by atoms with Crippen molar-refractivity contribution >= 4 is 11.1 Å². The quantitative estimate of drug-likeness (QED) is 0.406. The molecule has 31 heavy (non-hydrogen) atoms. The predicted octanol–water partition coefficient (Wildman–Crippen LogP) is 5.20. The lowest BCUT2D eigenvalue weighted by Gasteiger charge is -2.15. The van der Waals surface area contributed by atoms with Crippen molar-refractivity contribution in [3.05, 3.63) is 48.5 Å². The van der Waals surface area contributed by atoms with Crippen molar-refractivity contribution in [3.8, 4) is 51.3 Å². The summed E-state index contributed by atoms with van der Waals surface area (Å²) in [7, 11) is 7.95. The molecule has 0 aliphatic rings. The molecular formula is C24H23NO6. The van der Waals surface area contributed by atoms with Gasteiger partial charge in [0.15, 0.2) is 28.6 Å². The van der Waals surface area contributed by atoms with Crippen molar-refractivity contribution in [1.29, 1.82) is 0 Å². The van der Waals surface area contributed by atoms with Gasteiger partial charge < -0.3 is 28.1 Å². The molecule has 0 bridgehead atoms. The lowest BCUT2D eigenvalue weighted by molar-refractivity contribution is 0.325. The molecule has 4 aromatic rings. The van der Waals surface area contributed by atoms with Crippen LogP contribution in [-0.2, 0) is 0 Å². The van der Waals surface area contributed by atoms with Crippen LogP contribution in [0.25, 0.3) is 33.7 Å². The van der Waals surface area contributed by atoms with Crippen molar-refractivity contribution < 1.29 is 28.1 Å². The summed E-state index contributed by atoms with van der Waals surface area (Å²) in [6, 6.07) is 15.1.